The maximum atomic E-state index is 4.81. The summed E-state index contributed by atoms with van der Waals surface area (Å²) in [5.41, 5.74) is 3.18. The number of aryl methyl sites for hydroxylation is 2. The summed E-state index contributed by atoms with van der Waals surface area (Å²) in [6, 6.07) is 0. The van der Waals surface area contributed by atoms with Crippen LogP contribution in [0.15, 0.2) is 6.20 Å². The molecule has 1 aliphatic rings. The summed E-state index contributed by atoms with van der Waals surface area (Å²) in [5.74, 6) is 2.34. The van der Waals surface area contributed by atoms with Crippen molar-refractivity contribution < 1.29 is 0 Å². The minimum Gasteiger partial charge on any atom is -0.369 e. The van der Waals surface area contributed by atoms with Gasteiger partial charge in [-0.3, -0.25) is 4.68 Å². The molecule has 20 heavy (non-hydrogen) atoms. The Kier molecular flexibility index (Phi) is 3.66. The molecule has 0 atom stereocenters. The summed E-state index contributed by atoms with van der Waals surface area (Å²) >= 11 is 2.36. The SMILES string of the molecule is CCNc1nc(-c2cn(C)nc2C)nc(C2CC2)c1I. The van der Waals surface area contributed by atoms with Gasteiger partial charge in [-0.1, -0.05) is 0 Å². The van der Waals surface area contributed by atoms with Gasteiger partial charge in [0.05, 0.1) is 20.5 Å². The van der Waals surface area contributed by atoms with E-state index < -0.39 is 0 Å². The molecule has 1 saturated carbocycles. The molecule has 1 aliphatic carbocycles. The van der Waals surface area contributed by atoms with E-state index in [0.717, 1.165) is 33.0 Å². The van der Waals surface area contributed by atoms with Crippen molar-refractivity contribution in [2.45, 2.75) is 32.6 Å². The van der Waals surface area contributed by atoms with Crippen LogP contribution in [0, 0.1) is 10.5 Å². The summed E-state index contributed by atoms with van der Waals surface area (Å²) in [4.78, 5) is 9.50. The molecular formula is C14H18IN5. The predicted octanol–water partition coefficient (Wildman–Crippen LogP) is 3.10. The van der Waals surface area contributed by atoms with Crippen LogP contribution in [0.25, 0.3) is 11.4 Å². The summed E-state index contributed by atoms with van der Waals surface area (Å²) in [7, 11) is 1.93. The number of nitrogens with one attached hydrogen (secondary N) is 1. The van der Waals surface area contributed by atoms with E-state index >= 15 is 0 Å². The molecule has 106 valence electrons. The van der Waals surface area contributed by atoms with Gasteiger partial charge in [0, 0.05) is 25.7 Å². The van der Waals surface area contributed by atoms with Crippen molar-refractivity contribution in [3.05, 3.63) is 21.2 Å². The van der Waals surface area contributed by atoms with Gasteiger partial charge in [-0.05, 0) is 49.3 Å². The number of aromatic nitrogens is 4. The van der Waals surface area contributed by atoms with Crippen molar-refractivity contribution in [2.24, 2.45) is 7.05 Å². The standard InChI is InChI=1S/C14H18IN5/c1-4-16-14-11(15)12(9-5-6-9)17-13(18-14)10-7-20(3)19-8(10)2/h7,9H,4-6H2,1-3H3,(H,16,17,18). The van der Waals surface area contributed by atoms with Crippen molar-refractivity contribution in [3.63, 3.8) is 0 Å². The second-order valence-corrected chi connectivity index (χ2v) is 6.28. The highest BCUT2D eigenvalue weighted by atomic mass is 127. The average molecular weight is 383 g/mol. The van der Waals surface area contributed by atoms with Crippen LogP contribution in [0.1, 0.15) is 37.1 Å². The van der Waals surface area contributed by atoms with Gasteiger partial charge in [-0.15, -0.1) is 0 Å². The number of hydrogen-bond acceptors (Lipinski definition) is 4. The van der Waals surface area contributed by atoms with E-state index in [9.17, 15) is 0 Å². The van der Waals surface area contributed by atoms with Crippen molar-refractivity contribution in [1.29, 1.82) is 0 Å². The molecule has 0 aromatic carbocycles. The number of rotatable bonds is 4. The number of nitrogens with zero attached hydrogens (tertiary/aromatic N) is 4. The highest BCUT2D eigenvalue weighted by Gasteiger charge is 2.29. The van der Waals surface area contributed by atoms with Crippen molar-refractivity contribution in [2.75, 3.05) is 11.9 Å². The van der Waals surface area contributed by atoms with E-state index in [1.807, 2.05) is 24.9 Å². The van der Waals surface area contributed by atoms with Crippen LogP contribution in [0.2, 0.25) is 0 Å². The van der Waals surface area contributed by atoms with Crippen molar-refractivity contribution in [3.8, 4) is 11.4 Å². The molecule has 3 rings (SSSR count). The van der Waals surface area contributed by atoms with E-state index in [1.54, 1.807) is 0 Å². The van der Waals surface area contributed by atoms with Crippen LogP contribution in [-0.2, 0) is 7.05 Å². The normalized spacial score (nSPS) is 14.6. The fraction of sp³-hybridized carbons (Fsp3) is 0.500. The lowest BCUT2D eigenvalue weighted by Gasteiger charge is -2.11. The third kappa shape index (κ3) is 2.53. The highest BCUT2D eigenvalue weighted by Crippen LogP contribution is 2.43. The van der Waals surface area contributed by atoms with Gasteiger partial charge in [0.2, 0.25) is 0 Å². The van der Waals surface area contributed by atoms with Gasteiger partial charge >= 0.3 is 0 Å². The third-order valence-electron chi connectivity index (χ3n) is 3.44. The monoisotopic (exact) mass is 383 g/mol. The zero-order chi connectivity index (χ0) is 14.3. The Morgan fingerprint density at radius 1 is 1.40 bits per heavy atom. The number of halogens is 1. The van der Waals surface area contributed by atoms with E-state index in [2.05, 4.69) is 39.9 Å². The van der Waals surface area contributed by atoms with Gasteiger partial charge in [0.15, 0.2) is 5.82 Å². The first-order chi connectivity index (χ1) is 9.60. The quantitative estimate of drug-likeness (QED) is 0.825. The fourth-order valence-corrected chi connectivity index (χ4v) is 3.19. The summed E-state index contributed by atoms with van der Waals surface area (Å²) in [6.45, 7) is 4.95. The Morgan fingerprint density at radius 3 is 2.70 bits per heavy atom. The largest absolute Gasteiger partial charge is 0.369 e. The molecule has 0 saturated heterocycles. The van der Waals surface area contributed by atoms with E-state index in [1.165, 1.54) is 18.5 Å². The number of anilines is 1. The van der Waals surface area contributed by atoms with Gasteiger partial charge in [-0.2, -0.15) is 5.10 Å². The first-order valence-corrected chi connectivity index (χ1v) is 8.00. The van der Waals surface area contributed by atoms with Crippen molar-refractivity contribution in [1.82, 2.24) is 19.7 Å². The lowest BCUT2D eigenvalue weighted by atomic mass is 10.2. The van der Waals surface area contributed by atoms with Crippen LogP contribution in [0.3, 0.4) is 0 Å². The van der Waals surface area contributed by atoms with E-state index in [0.29, 0.717) is 5.92 Å². The Bertz CT molecular complexity index is 645. The second-order valence-electron chi connectivity index (χ2n) is 5.20. The minimum absolute atomic E-state index is 0.609. The molecule has 0 amide bonds. The molecule has 0 radical (unpaired) electrons. The Hall–Kier alpha value is -1.18. The maximum Gasteiger partial charge on any atom is 0.165 e. The third-order valence-corrected chi connectivity index (χ3v) is 4.50. The second kappa shape index (κ2) is 5.31. The smallest absolute Gasteiger partial charge is 0.165 e. The molecule has 0 spiro atoms. The van der Waals surface area contributed by atoms with Crippen LogP contribution >= 0.6 is 22.6 Å². The van der Waals surface area contributed by atoms with Crippen LogP contribution < -0.4 is 5.32 Å². The van der Waals surface area contributed by atoms with E-state index in [-0.39, 0.29) is 0 Å². The molecular weight excluding hydrogens is 365 g/mol. The summed E-state index contributed by atoms with van der Waals surface area (Å²) in [6.07, 6.45) is 4.47. The van der Waals surface area contributed by atoms with Gasteiger partial charge in [-0.25, -0.2) is 9.97 Å². The first-order valence-electron chi connectivity index (χ1n) is 6.92. The van der Waals surface area contributed by atoms with E-state index in [4.69, 9.17) is 9.97 Å². The molecule has 2 heterocycles. The Balaban J connectivity index is 2.12. The molecule has 6 heteroatoms. The topological polar surface area (TPSA) is 55.6 Å². The van der Waals surface area contributed by atoms with Gasteiger partial charge in [0.25, 0.3) is 0 Å². The summed E-state index contributed by atoms with van der Waals surface area (Å²) in [5, 5.41) is 7.74. The lowest BCUT2D eigenvalue weighted by molar-refractivity contribution is 0.756. The van der Waals surface area contributed by atoms with Crippen LogP contribution in [-0.4, -0.2) is 26.3 Å². The predicted molar refractivity (Wildman–Crippen MR) is 87.8 cm³/mol. The minimum atomic E-state index is 0.609. The van der Waals surface area contributed by atoms with Crippen LogP contribution in [0.5, 0.6) is 0 Å². The molecule has 2 aromatic rings. The average Bonchev–Trinajstić information content (AvgIpc) is 3.18. The molecule has 0 aliphatic heterocycles. The molecule has 1 N–H and O–H groups in total. The molecule has 2 aromatic heterocycles. The fourth-order valence-electron chi connectivity index (χ4n) is 2.32. The summed E-state index contributed by atoms with van der Waals surface area (Å²) < 4.78 is 2.98. The Morgan fingerprint density at radius 2 is 2.15 bits per heavy atom. The molecule has 0 bridgehead atoms. The van der Waals surface area contributed by atoms with Crippen molar-refractivity contribution >= 4 is 28.4 Å². The molecule has 5 nitrogen and oxygen atoms in total. The number of hydrogen-bond donors (Lipinski definition) is 1. The van der Waals surface area contributed by atoms with Gasteiger partial charge < -0.3 is 5.32 Å². The zero-order valence-electron chi connectivity index (χ0n) is 11.9. The van der Waals surface area contributed by atoms with Crippen LogP contribution in [0.4, 0.5) is 5.82 Å². The highest BCUT2D eigenvalue weighted by molar-refractivity contribution is 14.1. The zero-order valence-corrected chi connectivity index (χ0v) is 14.1. The maximum absolute atomic E-state index is 4.81. The lowest BCUT2D eigenvalue weighted by Crippen LogP contribution is -2.07. The molecule has 0 unspecified atom stereocenters. The molecule has 1 fully saturated rings. The first kappa shape index (κ1) is 13.8. The Labute approximate surface area is 132 Å². The van der Waals surface area contributed by atoms with Gasteiger partial charge in [0.1, 0.15) is 5.82 Å².